The summed E-state index contributed by atoms with van der Waals surface area (Å²) in [6.07, 6.45) is -1.03. The molecule has 1 aliphatic heterocycles. The number of nitrogens with zero attached hydrogens (tertiary/aromatic N) is 2. The third-order valence-corrected chi connectivity index (χ3v) is 3.80. The Morgan fingerprint density at radius 2 is 2.21 bits per heavy atom. The summed E-state index contributed by atoms with van der Waals surface area (Å²) in [7, 11) is 0. The molecule has 0 spiro atoms. The Balaban J connectivity index is 0.00000420. The van der Waals surface area contributed by atoms with E-state index in [0.29, 0.717) is 37.8 Å². The first kappa shape index (κ1) is 25.7. The third kappa shape index (κ3) is 11.4. The predicted octanol–water partition coefficient (Wildman–Crippen LogP) is 2.89. The highest BCUT2D eigenvalue weighted by Crippen LogP contribution is 2.17. The molecule has 1 aromatic heterocycles. The number of guanidine groups is 1. The Morgan fingerprint density at radius 3 is 2.90 bits per heavy atom. The van der Waals surface area contributed by atoms with Crippen LogP contribution in [0, 0.1) is 0 Å². The fourth-order valence-electron chi connectivity index (χ4n) is 2.47. The molecule has 1 aliphatic rings. The molecular formula is C18H28F3IN4O3. The maximum Gasteiger partial charge on any atom is 0.422 e. The van der Waals surface area contributed by atoms with Crippen LogP contribution in [0.25, 0.3) is 0 Å². The molecule has 1 atom stereocenters. The molecule has 0 radical (unpaired) electrons. The minimum absolute atomic E-state index is 0. The van der Waals surface area contributed by atoms with Gasteiger partial charge in [-0.2, -0.15) is 13.2 Å². The Hall–Kier alpha value is -1.34. The van der Waals surface area contributed by atoms with Crippen LogP contribution in [0.5, 0.6) is 5.88 Å². The van der Waals surface area contributed by atoms with Crippen LogP contribution in [0.15, 0.2) is 23.3 Å². The van der Waals surface area contributed by atoms with Crippen LogP contribution in [0.1, 0.15) is 25.3 Å². The van der Waals surface area contributed by atoms with Gasteiger partial charge in [0.15, 0.2) is 12.6 Å². The van der Waals surface area contributed by atoms with Gasteiger partial charge in [0.05, 0.1) is 19.3 Å². The van der Waals surface area contributed by atoms with Crippen molar-refractivity contribution in [1.82, 2.24) is 15.6 Å². The molecule has 2 rings (SSSR count). The lowest BCUT2D eigenvalue weighted by Crippen LogP contribution is -2.38. The van der Waals surface area contributed by atoms with Crippen LogP contribution < -0.4 is 15.4 Å². The first-order valence-corrected chi connectivity index (χ1v) is 9.32. The first-order valence-electron chi connectivity index (χ1n) is 9.32. The zero-order chi connectivity index (χ0) is 20.2. The lowest BCUT2D eigenvalue weighted by atomic mass is 10.3. The van der Waals surface area contributed by atoms with E-state index in [2.05, 4.69) is 25.3 Å². The molecule has 0 amide bonds. The van der Waals surface area contributed by atoms with Gasteiger partial charge < -0.3 is 24.8 Å². The summed E-state index contributed by atoms with van der Waals surface area (Å²) in [5.41, 5.74) is 0.703. The topological polar surface area (TPSA) is 77.0 Å². The van der Waals surface area contributed by atoms with Gasteiger partial charge in [-0.3, -0.25) is 0 Å². The SMILES string of the molecule is CCNC(=NCc1ccnc(OCC(F)(F)F)c1)NCCCOC1CCOC1.I. The highest BCUT2D eigenvalue weighted by molar-refractivity contribution is 14.0. The molecular weight excluding hydrogens is 504 g/mol. The number of rotatable bonds is 10. The number of ether oxygens (including phenoxy) is 3. The normalized spacial score (nSPS) is 17.0. The van der Waals surface area contributed by atoms with Crippen molar-refractivity contribution in [2.24, 2.45) is 4.99 Å². The Morgan fingerprint density at radius 1 is 1.38 bits per heavy atom. The number of nitrogens with one attached hydrogen (secondary N) is 2. The van der Waals surface area contributed by atoms with E-state index in [0.717, 1.165) is 19.4 Å². The van der Waals surface area contributed by atoms with Crippen LogP contribution in [-0.2, 0) is 16.0 Å². The number of aliphatic imine (C=N–C) groups is 1. The zero-order valence-corrected chi connectivity index (χ0v) is 18.7. The Kier molecular flexibility index (Phi) is 12.2. The highest BCUT2D eigenvalue weighted by Gasteiger charge is 2.28. The van der Waals surface area contributed by atoms with Gasteiger partial charge in [-0.05, 0) is 31.4 Å². The molecule has 2 heterocycles. The quantitative estimate of drug-likeness (QED) is 0.209. The molecule has 1 saturated heterocycles. The second-order valence-corrected chi connectivity index (χ2v) is 6.24. The molecule has 0 bridgehead atoms. The second kappa shape index (κ2) is 13.8. The predicted molar refractivity (Wildman–Crippen MR) is 114 cm³/mol. The maximum absolute atomic E-state index is 12.2. The van der Waals surface area contributed by atoms with Crippen LogP contribution >= 0.6 is 24.0 Å². The van der Waals surface area contributed by atoms with Crippen molar-refractivity contribution in [2.75, 3.05) is 39.5 Å². The maximum atomic E-state index is 12.2. The van der Waals surface area contributed by atoms with Crippen LogP contribution in [0.3, 0.4) is 0 Å². The van der Waals surface area contributed by atoms with Crippen LogP contribution in [0.4, 0.5) is 13.2 Å². The molecule has 7 nitrogen and oxygen atoms in total. The number of hydrogen-bond donors (Lipinski definition) is 2. The summed E-state index contributed by atoms with van der Waals surface area (Å²) in [5.74, 6) is 0.553. The highest BCUT2D eigenvalue weighted by atomic mass is 127. The van der Waals surface area contributed by atoms with Crippen molar-refractivity contribution in [1.29, 1.82) is 0 Å². The zero-order valence-electron chi connectivity index (χ0n) is 16.3. The van der Waals surface area contributed by atoms with E-state index in [4.69, 9.17) is 9.47 Å². The Labute approximate surface area is 185 Å². The average Bonchev–Trinajstić information content (AvgIpc) is 3.17. The van der Waals surface area contributed by atoms with Crippen molar-refractivity contribution in [3.05, 3.63) is 23.9 Å². The summed E-state index contributed by atoms with van der Waals surface area (Å²) in [6.45, 7) is 4.33. The van der Waals surface area contributed by atoms with Crippen molar-refractivity contribution in [3.63, 3.8) is 0 Å². The van der Waals surface area contributed by atoms with E-state index in [1.165, 1.54) is 12.3 Å². The van der Waals surface area contributed by atoms with E-state index < -0.39 is 12.8 Å². The molecule has 0 aromatic carbocycles. The standard InChI is InChI=1S/C18H27F3N4O3.HI/c1-2-22-17(24-6-3-8-27-15-5-9-26-12-15)25-11-14-4-7-23-16(10-14)28-13-18(19,20)21;/h4,7,10,15H,2-3,5-6,8-9,11-13H2,1H3,(H2,22,24,25);1H. The average molecular weight is 532 g/mol. The molecule has 166 valence electrons. The number of aromatic nitrogens is 1. The third-order valence-electron chi connectivity index (χ3n) is 3.80. The van der Waals surface area contributed by atoms with E-state index in [1.807, 2.05) is 6.92 Å². The van der Waals surface area contributed by atoms with E-state index in [1.54, 1.807) is 6.07 Å². The van der Waals surface area contributed by atoms with Gasteiger partial charge in [-0.1, -0.05) is 0 Å². The molecule has 1 aromatic rings. The fraction of sp³-hybridized carbons (Fsp3) is 0.667. The fourth-order valence-corrected chi connectivity index (χ4v) is 2.47. The van der Waals surface area contributed by atoms with Gasteiger partial charge in [0, 0.05) is 38.6 Å². The summed E-state index contributed by atoms with van der Waals surface area (Å²) in [5, 5.41) is 6.33. The van der Waals surface area contributed by atoms with E-state index in [-0.39, 0.29) is 42.5 Å². The minimum atomic E-state index is -4.40. The second-order valence-electron chi connectivity index (χ2n) is 6.24. The number of alkyl halides is 3. The lowest BCUT2D eigenvalue weighted by Gasteiger charge is -2.13. The van der Waals surface area contributed by atoms with Gasteiger partial charge in [-0.15, -0.1) is 24.0 Å². The van der Waals surface area contributed by atoms with Crippen LogP contribution in [0.2, 0.25) is 0 Å². The molecule has 0 aliphatic carbocycles. The van der Waals surface area contributed by atoms with Crippen LogP contribution in [-0.4, -0.2) is 62.7 Å². The molecule has 1 unspecified atom stereocenters. The molecule has 29 heavy (non-hydrogen) atoms. The van der Waals surface area contributed by atoms with E-state index >= 15 is 0 Å². The van der Waals surface area contributed by atoms with Gasteiger partial charge in [0.25, 0.3) is 0 Å². The number of halogens is 4. The lowest BCUT2D eigenvalue weighted by molar-refractivity contribution is -0.154. The molecule has 1 fully saturated rings. The van der Waals surface area contributed by atoms with Crippen molar-refractivity contribution < 1.29 is 27.4 Å². The molecule has 11 heteroatoms. The Bertz CT molecular complexity index is 614. The number of pyridine rings is 1. The largest absolute Gasteiger partial charge is 0.468 e. The van der Waals surface area contributed by atoms with Gasteiger partial charge in [0.1, 0.15) is 0 Å². The van der Waals surface area contributed by atoms with Gasteiger partial charge in [0.2, 0.25) is 5.88 Å². The summed E-state index contributed by atoms with van der Waals surface area (Å²) >= 11 is 0. The van der Waals surface area contributed by atoms with Crippen molar-refractivity contribution in [3.8, 4) is 5.88 Å². The minimum Gasteiger partial charge on any atom is -0.468 e. The summed E-state index contributed by atoms with van der Waals surface area (Å²) in [6, 6.07) is 3.14. The molecule has 2 N–H and O–H groups in total. The number of hydrogen-bond acceptors (Lipinski definition) is 5. The molecule has 0 saturated carbocycles. The summed E-state index contributed by atoms with van der Waals surface area (Å²) < 4.78 is 52.3. The van der Waals surface area contributed by atoms with E-state index in [9.17, 15) is 13.2 Å². The monoisotopic (exact) mass is 532 g/mol. The van der Waals surface area contributed by atoms with Gasteiger partial charge in [-0.25, -0.2) is 9.98 Å². The van der Waals surface area contributed by atoms with Crippen molar-refractivity contribution in [2.45, 2.75) is 38.6 Å². The van der Waals surface area contributed by atoms with Gasteiger partial charge >= 0.3 is 6.18 Å². The smallest absolute Gasteiger partial charge is 0.422 e. The summed E-state index contributed by atoms with van der Waals surface area (Å²) in [4.78, 5) is 8.22. The van der Waals surface area contributed by atoms with Crippen molar-refractivity contribution >= 4 is 29.9 Å². The first-order chi connectivity index (χ1) is 13.5.